The first kappa shape index (κ1) is 12.5. The summed E-state index contributed by atoms with van der Waals surface area (Å²) in [6, 6.07) is 9.84. The van der Waals surface area contributed by atoms with Crippen LogP contribution in [0.4, 0.5) is 0 Å². The molecular formula is C16H15N3O. The molecule has 100 valence electrons. The van der Waals surface area contributed by atoms with Gasteiger partial charge in [-0.25, -0.2) is 0 Å². The lowest BCUT2D eigenvalue weighted by molar-refractivity contribution is 0.581. The Hall–Kier alpha value is -2.49. The van der Waals surface area contributed by atoms with Crippen molar-refractivity contribution in [1.82, 2.24) is 15.2 Å². The first-order chi connectivity index (χ1) is 9.65. The lowest BCUT2D eigenvalue weighted by Crippen LogP contribution is -1.90. The minimum absolute atomic E-state index is 0.444. The van der Waals surface area contributed by atoms with Crippen molar-refractivity contribution in [2.24, 2.45) is 0 Å². The molecule has 0 aliphatic rings. The monoisotopic (exact) mass is 265 g/mol. The van der Waals surface area contributed by atoms with Gasteiger partial charge in [0.05, 0.1) is 0 Å². The van der Waals surface area contributed by atoms with Crippen LogP contribution in [0.2, 0.25) is 0 Å². The van der Waals surface area contributed by atoms with Crippen LogP contribution in [0.15, 0.2) is 40.9 Å². The van der Waals surface area contributed by atoms with Crippen molar-refractivity contribution in [1.29, 1.82) is 0 Å². The highest BCUT2D eigenvalue weighted by Gasteiger charge is 2.15. The molecule has 3 aromatic rings. The zero-order chi connectivity index (χ0) is 14.1. The largest absolute Gasteiger partial charge is 0.415 e. The summed E-state index contributed by atoms with van der Waals surface area (Å²) in [7, 11) is 0. The molecule has 0 radical (unpaired) electrons. The summed E-state index contributed by atoms with van der Waals surface area (Å²) in [6.45, 7) is 6.19. The molecule has 3 rings (SSSR count). The van der Waals surface area contributed by atoms with Gasteiger partial charge in [-0.2, -0.15) is 0 Å². The summed E-state index contributed by atoms with van der Waals surface area (Å²) in [6.07, 6.45) is 1.71. The molecule has 20 heavy (non-hydrogen) atoms. The van der Waals surface area contributed by atoms with Crippen molar-refractivity contribution >= 4 is 0 Å². The average molecular weight is 265 g/mol. The van der Waals surface area contributed by atoms with Gasteiger partial charge in [0.15, 0.2) is 0 Å². The van der Waals surface area contributed by atoms with Gasteiger partial charge in [0.2, 0.25) is 5.89 Å². The molecule has 0 aliphatic carbocycles. The number of aryl methyl sites for hydroxylation is 3. The van der Waals surface area contributed by atoms with E-state index in [1.165, 1.54) is 5.56 Å². The Morgan fingerprint density at radius 1 is 0.900 bits per heavy atom. The molecule has 0 aliphatic heterocycles. The quantitative estimate of drug-likeness (QED) is 0.708. The van der Waals surface area contributed by atoms with E-state index in [-0.39, 0.29) is 0 Å². The van der Waals surface area contributed by atoms with Gasteiger partial charge >= 0.3 is 0 Å². The van der Waals surface area contributed by atoms with Gasteiger partial charge in [0.25, 0.3) is 5.89 Å². The molecule has 0 saturated carbocycles. The number of hydrogen-bond donors (Lipinski definition) is 0. The summed E-state index contributed by atoms with van der Waals surface area (Å²) in [5, 5.41) is 8.25. The summed E-state index contributed by atoms with van der Waals surface area (Å²) >= 11 is 0. The maximum absolute atomic E-state index is 5.77. The predicted octanol–water partition coefficient (Wildman–Crippen LogP) is 3.72. The Morgan fingerprint density at radius 3 is 2.25 bits per heavy atom. The normalized spacial score (nSPS) is 10.8. The molecule has 2 heterocycles. The summed E-state index contributed by atoms with van der Waals surface area (Å²) in [5.74, 6) is 0.987. The second-order valence-electron chi connectivity index (χ2n) is 4.90. The van der Waals surface area contributed by atoms with E-state index in [0.29, 0.717) is 17.5 Å². The van der Waals surface area contributed by atoms with Crippen LogP contribution in [-0.2, 0) is 0 Å². The Kier molecular flexibility index (Phi) is 3.06. The van der Waals surface area contributed by atoms with Gasteiger partial charge in [0, 0.05) is 11.8 Å². The first-order valence-electron chi connectivity index (χ1n) is 6.48. The van der Waals surface area contributed by atoms with Crippen molar-refractivity contribution < 1.29 is 4.42 Å². The summed E-state index contributed by atoms with van der Waals surface area (Å²) in [5.41, 5.74) is 5.20. The maximum Gasteiger partial charge on any atom is 0.266 e. The predicted molar refractivity (Wildman–Crippen MR) is 77.2 cm³/mol. The maximum atomic E-state index is 5.77. The van der Waals surface area contributed by atoms with Gasteiger partial charge in [-0.15, -0.1) is 10.2 Å². The highest BCUT2D eigenvalue weighted by molar-refractivity contribution is 5.64. The molecular weight excluding hydrogens is 250 g/mol. The van der Waals surface area contributed by atoms with Crippen LogP contribution in [0.25, 0.3) is 23.0 Å². The van der Waals surface area contributed by atoms with Crippen LogP contribution in [0.5, 0.6) is 0 Å². The zero-order valence-corrected chi connectivity index (χ0v) is 11.7. The zero-order valence-electron chi connectivity index (χ0n) is 11.7. The van der Waals surface area contributed by atoms with E-state index in [0.717, 1.165) is 16.7 Å². The molecule has 0 atom stereocenters. The van der Waals surface area contributed by atoms with Crippen LogP contribution < -0.4 is 0 Å². The Balaban J connectivity index is 2.07. The molecule has 0 saturated heterocycles. The van der Waals surface area contributed by atoms with Crippen LogP contribution in [0.3, 0.4) is 0 Å². The van der Waals surface area contributed by atoms with Gasteiger partial charge in [-0.05, 0) is 44.0 Å². The fourth-order valence-electron chi connectivity index (χ4n) is 2.43. The van der Waals surface area contributed by atoms with Gasteiger partial charge in [-0.3, -0.25) is 4.98 Å². The van der Waals surface area contributed by atoms with Crippen LogP contribution in [-0.4, -0.2) is 15.2 Å². The highest BCUT2D eigenvalue weighted by atomic mass is 16.4. The molecule has 0 fully saturated rings. The second kappa shape index (κ2) is 4.89. The van der Waals surface area contributed by atoms with E-state index in [2.05, 4.69) is 48.1 Å². The van der Waals surface area contributed by atoms with E-state index in [1.807, 2.05) is 18.2 Å². The second-order valence-corrected chi connectivity index (χ2v) is 4.90. The Labute approximate surface area is 117 Å². The number of pyridine rings is 1. The SMILES string of the molecule is Cc1cc(C)c(-c2nnc(-c3ccccn3)o2)c(C)c1. The van der Waals surface area contributed by atoms with Crippen molar-refractivity contribution in [2.45, 2.75) is 20.8 Å². The van der Waals surface area contributed by atoms with Crippen LogP contribution in [0, 0.1) is 20.8 Å². The third-order valence-electron chi connectivity index (χ3n) is 3.20. The average Bonchev–Trinajstić information content (AvgIpc) is 2.88. The molecule has 4 heteroatoms. The number of benzene rings is 1. The minimum Gasteiger partial charge on any atom is -0.415 e. The van der Waals surface area contributed by atoms with E-state index in [9.17, 15) is 0 Å². The number of rotatable bonds is 2. The standard InChI is InChI=1S/C16H15N3O/c1-10-8-11(2)14(12(3)9-10)16-19-18-15(20-16)13-6-4-5-7-17-13/h4-9H,1-3H3. The van der Waals surface area contributed by atoms with Crippen molar-refractivity contribution in [3.63, 3.8) is 0 Å². The fourth-order valence-corrected chi connectivity index (χ4v) is 2.43. The first-order valence-corrected chi connectivity index (χ1v) is 6.48. The van der Waals surface area contributed by atoms with Gasteiger partial charge in [0.1, 0.15) is 5.69 Å². The van der Waals surface area contributed by atoms with E-state index in [4.69, 9.17) is 4.42 Å². The summed E-state index contributed by atoms with van der Waals surface area (Å²) in [4.78, 5) is 4.22. The third-order valence-corrected chi connectivity index (χ3v) is 3.20. The molecule has 0 spiro atoms. The van der Waals surface area contributed by atoms with Crippen LogP contribution >= 0.6 is 0 Å². The molecule has 1 aromatic carbocycles. The minimum atomic E-state index is 0.444. The molecule has 2 aromatic heterocycles. The Bertz CT molecular complexity index is 724. The van der Waals surface area contributed by atoms with E-state index < -0.39 is 0 Å². The van der Waals surface area contributed by atoms with E-state index >= 15 is 0 Å². The van der Waals surface area contributed by atoms with Gasteiger partial charge < -0.3 is 4.42 Å². The van der Waals surface area contributed by atoms with Crippen molar-refractivity contribution in [3.05, 3.63) is 53.2 Å². The third kappa shape index (κ3) is 2.20. The smallest absolute Gasteiger partial charge is 0.266 e. The highest BCUT2D eigenvalue weighted by Crippen LogP contribution is 2.29. The van der Waals surface area contributed by atoms with Gasteiger partial charge in [-0.1, -0.05) is 23.8 Å². The number of nitrogens with zero attached hydrogens (tertiary/aromatic N) is 3. The lowest BCUT2D eigenvalue weighted by Gasteiger charge is -2.06. The topological polar surface area (TPSA) is 51.8 Å². The number of aromatic nitrogens is 3. The molecule has 4 nitrogen and oxygen atoms in total. The van der Waals surface area contributed by atoms with Crippen molar-refractivity contribution in [3.8, 4) is 23.0 Å². The molecule has 0 unspecified atom stereocenters. The molecule has 0 N–H and O–H groups in total. The fraction of sp³-hybridized carbons (Fsp3) is 0.188. The lowest BCUT2D eigenvalue weighted by atomic mass is 10.00. The molecule has 0 amide bonds. The Morgan fingerprint density at radius 2 is 1.60 bits per heavy atom. The summed E-state index contributed by atoms with van der Waals surface area (Å²) < 4.78 is 5.77. The molecule has 0 bridgehead atoms. The van der Waals surface area contributed by atoms with Crippen LogP contribution in [0.1, 0.15) is 16.7 Å². The van der Waals surface area contributed by atoms with Crippen molar-refractivity contribution in [2.75, 3.05) is 0 Å². The van der Waals surface area contributed by atoms with E-state index in [1.54, 1.807) is 6.20 Å². The number of hydrogen-bond acceptors (Lipinski definition) is 4.